The first-order valence-electron chi connectivity index (χ1n) is 7.19. The van der Waals surface area contributed by atoms with Crippen molar-refractivity contribution in [3.63, 3.8) is 0 Å². The second-order valence-corrected chi connectivity index (χ2v) is 6.19. The van der Waals surface area contributed by atoms with Crippen molar-refractivity contribution >= 4 is 34.8 Å². The Labute approximate surface area is 151 Å². The van der Waals surface area contributed by atoms with Crippen LogP contribution in [0.3, 0.4) is 0 Å². The maximum atomic E-state index is 14.1. The molecule has 0 radical (unpaired) electrons. The van der Waals surface area contributed by atoms with Gasteiger partial charge in [0.25, 0.3) is 0 Å². The molecular formula is C17H11Cl2FN2O3. The molecule has 2 aromatic heterocycles. The molecule has 8 heteroatoms. The highest BCUT2D eigenvalue weighted by Crippen LogP contribution is 2.28. The number of aryl methyl sites for hydroxylation is 1. The van der Waals surface area contributed by atoms with Crippen LogP contribution in [0.2, 0.25) is 10.0 Å². The lowest BCUT2D eigenvalue weighted by Crippen LogP contribution is -2.06. The van der Waals surface area contributed by atoms with Gasteiger partial charge in [-0.1, -0.05) is 28.4 Å². The van der Waals surface area contributed by atoms with Gasteiger partial charge in [-0.2, -0.15) is 0 Å². The van der Waals surface area contributed by atoms with Crippen LogP contribution in [0.4, 0.5) is 4.39 Å². The number of hydrogen-bond donors (Lipinski definition) is 1. The Morgan fingerprint density at radius 2 is 1.96 bits per heavy atom. The first-order chi connectivity index (χ1) is 11.9. The summed E-state index contributed by atoms with van der Waals surface area (Å²) >= 11 is 11.6. The smallest absolute Gasteiger partial charge is 0.199 e. The monoisotopic (exact) mass is 380 g/mol. The molecule has 3 aromatic rings. The van der Waals surface area contributed by atoms with Crippen molar-refractivity contribution in [3.8, 4) is 0 Å². The van der Waals surface area contributed by atoms with Gasteiger partial charge in [-0.3, -0.25) is 9.59 Å². The van der Waals surface area contributed by atoms with Gasteiger partial charge in [-0.25, -0.2) is 4.39 Å². The number of carbonyl (C=O) groups excluding carboxylic acids is 2. The lowest BCUT2D eigenvalue weighted by atomic mass is 10.0. The van der Waals surface area contributed by atoms with Crippen LogP contribution in [-0.2, 0) is 6.42 Å². The normalized spacial score (nSPS) is 10.9. The molecule has 0 spiro atoms. The SMILES string of the molecule is Cc1cc(CC(=O)c2cc(C(=O)c3c(Cl)ccc(Cl)c3F)c[nH]2)no1. The third kappa shape index (κ3) is 3.50. The summed E-state index contributed by atoms with van der Waals surface area (Å²) in [5.74, 6) is -1.26. The van der Waals surface area contributed by atoms with E-state index in [1.807, 2.05) is 0 Å². The molecule has 0 fully saturated rings. The van der Waals surface area contributed by atoms with E-state index in [4.69, 9.17) is 27.7 Å². The van der Waals surface area contributed by atoms with Crippen LogP contribution in [0.15, 0.2) is 35.0 Å². The van der Waals surface area contributed by atoms with E-state index in [9.17, 15) is 14.0 Å². The summed E-state index contributed by atoms with van der Waals surface area (Å²) in [6.45, 7) is 1.72. The molecule has 25 heavy (non-hydrogen) atoms. The highest BCUT2D eigenvalue weighted by Gasteiger charge is 2.22. The summed E-state index contributed by atoms with van der Waals surface area (Å²) in [6.07, 6.45) is 1.33. The zero-order valence-electron chi connectivity index (χ0n) is 12.9. The minimum absolute atomic E-state index is 0.0117. The molecule has 0 aliphatic carbocycles. The van der Waals surface area contributed by atoms with E-state index in [1.54, 1.807) is 13.0 Å². The van der Waals surface area contributed by atoms with Crippen molar-refractivity contribution in [1.29, 1.82) is 0 Å². The summed E-state index contributed by atoms with van der Waals surface area (Å²) in [7, 11) is 0. The minimum Gasteiger partial charge on any atom is -0.361 e. The number of nitrogens with one attached hydrogen (secondary N) is 1. The van der Waals surface area contributed by atoms with Crippen LogP contribution >= 0.6 is 23.2 Å². The first-order valence-corrected chi connectivity index (χ1v) is 7.94. The van der Waals surface area contributed by atoms with E-state index in [0.717, 1.165) is 0 Å². The maximum Gasteiger partial charge on any atom is 0.199 e. The fourth-order valence-electron chi connectivity index (χ4n) is 2.33. The molecule has 3 rings (SSSR count). The van der Waals surface area contributed by atoms with E-state index in [2.05, 4.69) is 10.1 Å². The number of ketones is 2. The number of benzene rings is 1. The van der Waals surface area contributed by atoms with Gasteiger partial charge in [0, 0.05) is 17.8 Å². The lowest BCUT2D eigenvalue weighted by Gasteiger charge is -2.04. The zero-order chi connectivity index (χ0) is 18.1. The number of halogens is 3. The molecule has 0 saturated carbocycles. The second kappa shape index (κ2) is 6.82. The largest absolute Gasteiger partial charge is 0.361 e. The molecule has 0 bridgehead atoms. The highest BCUT2D eigenvalue weighted by atomic mass is 35.5. The first kappa shape index (κ1) is 17.4. The van der Waals surface area contributed by atoms with Crippen molar-refractivity contribution in [1.82, 2.24) is 10.1 Å². The molecule has 0 saturated heterocycles. The van der Waals surface area contributed by atoms with Gasteiger partial charge < -0.3 is 9.51 Å². The van der Waals surface area contributed by atoms with Crippen LogP contribution in [-0.4, -0.2) is 21.7 Å². The molecule has 1 aromatic carbocycles. The molecule has 0 aliphatic rings. The number of aromatic amines is 1. The van der Waals surface area contributed by atoms with Crippen molar-refractivity contribution in [2.45, 2.75) is 13.3 Å². The van der Waals surface area contributed by atoms with E-state index >= 15 is 0 Å². The predicted octanol–water partition coefficient (Wildman–Crippen LogP) is 4.41. The number of nitrogens with zero attached hydrogens (tertiary/aromatic N) is 1. The number of rotatable bonds is 5. The Morgan fingerprint density at radius 3 is 2.64 bits per heavy atom. The van der Waals surface area contributed by atoms with E-state index in [-0.39, 0.29) is 39.1 Å². The van der Waals surface area contributed by atoms with Gasteiger partial charge in [-0.15, -0.1) is 0 Å². The molecule has 0 aliphatic heterocycles. The summed E-state index contributed by atoms with van der Waals surface area (Å²) in [4.78, 5) is 27.4. The highest BCUT2D eigenvalue weighted by molar-refractivity contribution is 6.37. The van der Waals surface area contributed by atoms with Gasteiger partial charge in [0.2, 0.25) is 0 Å². The van der Waals surface area contributed by atoms with Crippen LogP contribution in [0.25, 0.3) is 0 Å². The Morgan fingerprint density at radius 1 is 1.24 bits per heavy atom. The van der Waals surface area contributed by atoms with Gasteiger partial charge in [0.05, 0.1) is 33.4 Å². The molecular weight excluding hydrogens is 370 g/mol. The third-order valence-corrected chi connectivity index (χ3v) is 4.14. The molecule has 128 valence electrons. The van der Waals surface area contributed by atoms with Crippen molar-refractivity contribution in [3.05, 3.63) is 74.6 Å². The average Bonchev–Trinajstić information content (AvgIpc) is 3.20. The van der Waals surface area contributed by atoms with E-state index < -0.39 is 11.6 Å². The van der Waals surface area contributed by atoms with Gasteiger partial charge in [0.15, 0.2) is 17.4 Å². The van der Waals surface area contributed by atoms with Gasteiger partial charge >= 0.3 is 0 Å². The number of hydrogen-bond acceptors (Lipinski definition) is 4. The molecule has 0 amide bonds. The average molecular weight is 381 g/mol. The van der Waals surface area contributed by atoms with Crippen LogP contribution < -0.4 is 0 Å². The van der Waals surface area contributed by atoms with Crippen molar-refractivity contribution < 1.29 is 18.5 Å². The summed E-state index contributed by atoms with van der Waals surface area (Å²) < 4.78 is 19.0. The number of carbonyl (C=O) groups is 2. The standard InChI is InChI=1S/C17H11Cl2FN2O3/c1-8-4-10(22-25-8)6-14(23)13-5-9(7-21-13)17(24)15-11(18)2-3-12(19)16(15)20/h2-5,7,21H,6H2,1H3. The Balaban J connectivity index is 1.85. The Kier molecular flexibility index (Phi) is 4.74. The molecule has 2 heterocycles. The lowest BCUT2D eigenvalue weighted by molar-refractivity contribution is 0.0986. The fraction of sp³-hybridized carbons (Fsp3) is 0.118. The molecule has 0 atom stereocenters. The van der Waals surface area contributed by atoms with Crippen LogP contribution in [0.1, 0.15) is 37.9 Å². The van der Waals surface area contributed by atoms with E-state index in [1.165, 1.54) is 24.4 Å². The maximum absolute atomic E-state index is 14.1. The van der Waals surface area contributed by atoms with Crippen LogP contribution in [0.5, 0.6) is 0 Å². The molecule has 0 unspecified atom stereocenters. The van der Waals surface area contributed by atoms with Gasteiger partial charge in [-0.05, 0) is 25.1 Å². The number of H-pyrrole nitrogens is 1. The Hall–Kier alpha value is -2.44. The van der Waals surface area contributed by atoms with Crippen molar-refractivity contribution in [2.24, 2.45) is 0 Å². The third-order valence-electron chi connectivity index (χ3n) is 3.54. The minimum atomic E-state index is -0.897. The second-order valence-electron chi connectivity index (χ2n) is 5.38. The molecule has 1 N–H and O–H groups in total. The predicted molar refractivity (Wildman–Crippen MR) is 89.9 cm³/mol. The topological polar surface area (TPSA) is 76.0 Å². The quantitative estimate of drug-likeness (QED) is 0.525. The molecule has 5 nitrogen and oxygen atoms in total. The van der Waals surface area contributed by atoms with E-state index in [0.29, 0.717) is 11.5 Å². The number of aromatic nitrogens is 2. The number of Topliss-reactive ketones (excluding diaryl/α,β-unsaturated/α-hetero) is 1. The zero-order valence-corrected chi connectivity index (χ0v) is 14.4. The van der Waals surface area contributed by atoms with Gasteiger partial charge in [0.1, 0.15) is 5.76 Å². The summed E-state index contributed by atoms with van der Waals surface area (Å²) in [5, 5.41) is 3.48. The fourth-order valence-corrected chi connectivity index (χ4v) is 2.72. The summed E-state index contributed by atoms with van der Waals surface area (Å²) in [6, 6.07) is 5.59. The van der Waals surface area contributed by atoms with Crippen LogP contribution in [0, 0.1) is 12.7 Å². The summed E-state index contributed by atoms with van der Waals surface area (Å²) in [5.41, 5.74) is 0.443. The Bertz CT molecular complexity index is 978. The van der Waals surface area contributed by atoms with Crippen molar-refractivity contribution in [2.75, 3.05) is 0 Å².